The zero-order valence-corrected chi connectivity index (χ0v) is 26.4. The number of unbranched alkanes of at least 4 members (excludes halogenated alkanes) is 2. The van der Waals surface area contributed by atoms with Crippen molar-refractivity contribution < 1.29 is 19.4 Å². The van der Waals surface area contributed by atoms with Crippen molar-refractivity contribution in [2.24, 2.45) is 5.92 Å². The molecule has 4 aromatic rings. The molecular formula is C38H43N3O4. The molecule has 1 N–H and O–H groups in total. The van der Waals surface area contributed by atoms with Crippen molar-refractivity contribution in [3.8, 4) is 11.3 Å². The zero-order chi connectivity index (χ0) is 31.8. The van der Waals surface area contributed by atoms with E-state index >= 15 is 0 Å². The summed E-state index contributed by atoms with van der Waals surface area (Å²) < 4.78 is 5.48. The fraction of sp³-hybridized carbons (Fsp3) is 0.342. The van der Waals surface area contributed by atoms with Crippen LogP contribution in [0, 0.1) is 5.92 Å². The predicted octanol–water partition coefficient (Wildman–Crippen LogP) is 7.70. The van der Waals surface area contributed by atoms with Crippen molar-refractivity contribution >= 4 is 34.2 Å². The summed E-state index contributed by atoms with van der Waals surface area (Å²) in [5.74, 6) is -0.639. The molecule has 2 heterocycles. The van der Waals surface area contributed by atoms with E-state index in [1.807, 2.05) is 70.5 Å². The molecule has 1 aromatic heterocycles. The molecule has 1 amide bonds. The van der Waals surface area contributed by atoms with Gasteiger partial charge in [0.25, 0.3) is 0 Å². The minimum Gasteiger partial charge on any atom is -0.478 e. The number of rotatable bonds is 13. The first-order valence-corrected chi connectivity index (χ1v) is 16.0. The van der Waals surface area contributed by atoms with Crippen LogP contribution >= 0.6 is 0 Å². The average Bonchev–Trinajstić information content (AvgIpc) is 3.07. The van der Waals surface area contributed by atoms with E-state index in [-0.39, 0.29) is 18.0 Å². The molecular weight excluding hydrogens is 562 g/mol. The SMILES string of the molecule is C=C(c1ccc(-c2ccc3ccccc3n2)cc1)N(CC(=O)N1CCOCC1)c1cc(C(=O)O)ccc1CC(C)CCCCC. The van der Waals surface area contributed by atoms with Crippen LogP contribution in [0.2, 0.25) is 0 Å². The molecule has 0 spiro atoms. The lowest BCUT2D eigenvalue weighted by molar-refractivity contribution is -0.133. The highest BCUT2D eigenvalue weighted by Gasteiger charge is 2.25. The maximum atomic E-state index is 13.7. The van der Waals surface area contributed by atoms with Gasteiger partial charge in [0, 0.05) is 35.4 Å². The second-order valence-electron chi connectivity index (χ2n) is 11.9. The van der Waals surface area contributed by atoms with Crippen molar-refractivity contribution in [2.45, 2.75) is 46.0 Å². The lowest BCUT2D eigenvalue weighted by Crippen LogP contribution is -2.45. The van der Waals surface area contributed by atoms with Crippen LogP contribution in [0.5, 0.6) is 0 Å². The highest BCUT2D eigenvalue weighted by molar-refractivity contribution is 5.93. The summed E-state index contributed by atoms with van der Waals surface area (Å²) in [6, 6.07) is 25.4. The number of carboxylic acids is 1. The first kappa shape index (κ1) is 31.9. The number of morpholine rings is 1. The minimum absolute atomic E-state index is 0.0425. The van der Waals surface area contributed by atoms with Gasteiger partial charge in [-0.05, 0) is 47.7 Å². The number of benzene rings is 3. The van der Waals surface area contributed by atoms with Gasteiger partial charge in [0.2, 0.25) is 5.91 Å². The number of ether oxygens (including phenoxy) is 1. The predicted molar refractivity (Wildman–Crippen MR) is 181 cm³/mol. The molecule has 5 rings (SSSR count). The molecule has 7 nitrogen and oxygen atoms in total. The number of hydrogen-bond acceptors (Lipinski definition) is 5. The molecule has 0 aliphatic carbocycles. The van der Waals surface area contributed by atoms with Crippen molar-refractivity contribution in [2.75, 3.05) is 37.7 Å². The fourth-order valence-corrected chi connectivity index (χ4v) is 5.93. The zero-order valence-electron chi connectivity index (χ0n) is 26.4. The fourth-order valence-electron chi connectivity index (χ4n) is 5.93. The Labute approximate surface area is 266 Å². The molecule has 234 valence electrons. The molecule has 0 bridgehead atoms. The number of aromatic carboxylic acids is 1. The Morgan fingerprint density at radius 2 is 1.71 bits per heavy atom. The minimum atomic E-state index is -1.00. The van der Waals surface area contributed by atoms with Gasteiger partial charge in [-0.25, -0.2) is 9.78 Å². The Hall–Kier alpha value is -4.49. The van der Waals surface area contributed by atoms with Crippen molar-refractivity contribution in [3.63, 3.8) is 0 Å². The van der Waals surface area contributed by atoms with Gasteiger partial charge >= 0.3 is 5.97 Å². The molecule has 1 saturated heterocycles. The van der Waals surface area contributed by atoms with Gasteiger partial charge in [-0.1, -0.05) is 101 Å². The molecule has 7 heteroatoms. The summed E-state index contributed by atoms with van der Waals surface area (Å²) in [5.41, 5.74) is 6.17. The summed E-state index contributed by atoms with van der Waals surface area (Å²) in [5, 5.41) is 11.0. The third kappa shape index (κ3) is 7.97. The van der Waals surface area contributed by atoms with Gasteiger partial charge in [0.15, 0.2) is 0 Å². The van der Waals surface area contributed by atoms with Crippen LogP contribution in [0.3, 0.4) is 0 Å². The Balaban J connectivity index is 1.49. The van der Waals surface area contributed by atoms with E-state index in [0.29, 0.717) is 43.6 Å². The van der Waals surface area contributed by atoms with Crippen LogP contribution in [0.25, 0.3) is 27.9 Å². The smallest absolute Gasteiger partial charge is 0.335 e. The largest absolute Gasteiger partial charge is 0.478 e. The van der Waals surface area contributed by atoms with Gasteiger partial charge < -0.3 is 19.6 Å². The molecule has 1 aliphatic heterocycles. The van der Waals surface area contributed by atoms with E-state index in [1.165, 1.54) is 6.42 Å². The number of carboxylic acid groups (broad SMARTS) is 1. The van der Waals surface area contributed by atoms with Crippen LogP contribution in [0.15, 0.2) is 85.4 Å². The van der Waals surface area contributed by atoms with Gasteiger partial charge in [-0.2, -0.15) is 0 Å². The molecule has 1 fully saturated rings. The Kier molecular flexibility index (Phi) is 10.6. The number of hydrogen-bond donors (Lipinski definition) is 1. The lowest BCUT2D eigenvalue weighted by atomic mass is 9.93. The molecule has 0 radical (unpaired) electrons. The third-order valence-corrected chi connectivity index (χ3v) is 8.59. The van der Waals surface area contributed by atoms with Crippen molar-refractivity contribution in [1.29, 1.82) is 0 Å². The number of nitrogens with zero attached hydrogens (tertiary/aromatic N) is 3. The maximum absolute atomic E-state index is 13.7. The standard InChI is InChI=1S/C38H43N3O4/c1-4-5-6-9-27(2)24-32-16-17-33(38(43)44)25-36(32)41(26-37(42)40-20-22-45-23-21-40)28(3)29-12-14-31(15-13-29)35-19-18-30-10-7-8-11-34(30)39-35/h7-8,10-19,25,27H,3-6,9,20-24,26H2,1-2H3,(H,43,44). The molecule has 1 unspecified atom stereocenters. The summed E-state index contributed by atoms with van der Waals surface area (Å²) in [6.45, 7) is 11.0. The Bertz CT molecular complexity index is 1640. The van der Waals surface area contributed by atoms with E-state index in [0.717, 1.165) is 59.0 Å². The highest BCUT2D eigenvalue weighted by Crippen LogP contribution is 2.33. The summed E-state index contributed by atoms with van der Waals surface area (Å²) in [6.07, 6.45) is 5.38. The van der Waals surface area contributed by atoms with Crippen molar-refractivity contribution in [1.82, 2.24) is 9.88 Å². The second-order valence-corrected chi connectivity index (χ2v) is 11.9. The third-order valence-electron chi connectivity index (χ3n) is 8.59. The van der Waals surface area contributed by atoms with E-state index < -0.39 is 5.97 Å². The normalized spacial score (nSPS) is 13.9. The quantitative estimate of drug-likeness (QED) is 0.157. The first-order chi connectivity index (χ1) is 21.8. The van der Waals surface area contributed by atoms with Gasteiger partial charge in [-0.15, -0.1) is 0 Å². The summed E-state index contributed by atoms with van der Waals surface area (Å²) in [4.78, 5) is 34.3. The van der Waals surface area contributed by atoms with Crippen LogP contribution in [-0.2, 0) is 16.0 Å². The lowest BCUT2D eigenvalue weighted by Gasteiger charge is -2.33. The van der Waals surface area contributed by atoms with Gasteiger partial charge in [-0.3, -0.25) is 4.79 Å². The number of carbonyl (C=O) groups is 2. The topological polar surface area (TPSA) is 83.0 Å². The Morgan fingerprint density at radius 1 is 0.978 bits per heavy atom. The summed E-state index contributed by atoms with van der Waals surface area (Å²) in [7, 11) is 0. The van der Waals surface area contributed by atoms with Crippen LogP contribution in [0.4, 0.5) is 5.69 Å². The highest BCUT2D eigenvalue weighted by atomic mass is 16.5. The number of aromatic nitrogens is 1. The molecule has 45 heavy (non-hydrogen) atoms. The van der Waals surface area contributed by atoms with E-state index in [2.05, 4.69) is 26.5 Å². The monoisotopic (exact) mass is 605 g/mol. The molecule has 0 saturated carbocycles. The van der Waals surface area contributed by atoms with Gasteiger partial charge in [0.1, 0.15) is 6.54 Å². The first-order valence-electron chi connectivity index (χ1n) is 16.0. The molecule has 1 aliphatic rings. The number of fused-ring (bicyclic) bond motifs is 1. The van der Waals surface area contributed by atoms with Crippen LogP contribution in [-0.4, -0.2) is 59.7 Å². The van der Waals surface area contributed by atoms with E-state index in [4.69, 9.17) is 9.72 Å². The van der Waals surface area contributed by atoms with E-state index in [9.17, 15) is 14.7 Å². The van der Waals surface area contributed by atoms with Crippen molar-refractivity contribution in [3.05, 3.63) is 102 Å². The molecule has 1 atom stereocenters. The number of amides is 1. The molecule has 3 aromatic carbocycles. The number of carbonyl (C=O) groups excluding carboxylic acids is 1. The maximum Gasteiger partial charge on any atom is 0.335 e. The number of para-hydroxylation sites is 1. The van der Waals surface area contributed by atoms with Crippen LogP contribution < -0.4 is 4.90 Å². The second kappa shape index (κ2) is 15.0. The summed E-state index contributed by atoms with van der Waals surface area (Å²) >= 11 is 0. The van der Waals surface area contributed by atoms with Crippen LogP contribution in [0.1, 0.15) is 61.0 Å². The number of anilines is 1. The number of pyridine rings is 1. The Morgan fingerprint density at radius 3 is 2.44 bits per heavy atom. The van der Waals surface area contributed by atoms with E-state index in [1.54, 1.807) is 12.1 Å². The van der Waals surface area contributed by atoms with Gasteiger partial charge in [0.05, 0.1) is 30.0 Å². The average molecular weight is 606 g/mol.